The van der Waals surface area contributed by atoms with Crippen LogP contribution in [-0.4, -0.2) is 23.0 Å². The van der Waals surface area contributed by atoms with Gasteiger partial charge in [-0.1, -0.05) is 6.07 Å². The van der Waals surface area contributed by atoms with E-state index in [0.29, 0.717) is 5.56 Å². The lowest BCUT2D eigenvalue weighted by molar-refractivity contribution is -0.384. The van der Waals surface area contributed by atoms with Crippen molar-refractivity contribution in [2.75, 3.05) is 12.4 Å². The fourth-order valence-electron chi connectivity index (χ4n) is 1.36. The first-order valence-electron chi connectivity index (χ1n) is 4.18. The number of nitro benzene ring substituents is 1. The van der Waals surface area contributed by atoms with Crippen LogP contribution < -0.4 is 5.32 Å². The highest BCUT2D eigenvalue weighted by Gasteiger charge is 2.22. The van der Waals surface area contributed by atoms with Crippen molar-refractivity contribution >= 4 is 17.3 Å². The SMILES string of the molecule is CNc1c(C(=O)O)ccc(C)c1[N+](=O)[O-]. The van der Waals surface area contributed by atoms with Gasteiger partial charge in [0.05, 0.1) is 10.5 Å². The van der Waals surface area contributed by atoms with Gasteiger partial charge in [-0.25, -0.2) is 4.79 Å². The van der Waals surface area contributed by atoms with Gasteiger partial charge in [0.25, 0.3) is 5.69 Å². The quantitative estimate of drug-likeness (QED) is 0.584. The van der Waals surface area contributed by atoms with Crippen LogP contribution in [0.5, 0.6) is 0 Å². The van der Waals surface area contributed by atoms with Crippen LogP contribution in [0.25, 0.3) is 0 Å². The minimum Gasteiger partial charge on any atom is -0.478 e. The molecule has 0 aliphatic heterocycles. The number of nitrogens with one attached hydrogen (secondary N) is 1. The second-order valence-corrected chi connectivity index (χ2v) is 2.97. The standard InChI is InChI=1S/C9H10N2O4/c1-5-3-4-6(9(12)13)7(10-2)8(5)11(14)15/h3-4,10H,1-2H3,(H,12,13). The monoisotopic (exact) mass is 210 g/mol. The van der Waals surface area contributed by atoms with Gasteiger partial charge in [0.2, 0.25) is 0 Å². The van der Waals surface area contributed by atoms with Gasteiger partial charge in [0.1, 0.15) is 5.69 Å². The van der Waals surface area contributed by atoms with Crippen LogP contribution in [-0.2, 0) is 0 Å². The number of aryl methyl sites for hydroxylation is 1. The summed E-state index contributed by atoms with van der Waals surface area (Å²) in [6.07, 6.45) is 0. The maximum Gasteiger partial charge on any atom is 0.338 e. The molecule has 0 amide bonds. The third-order valence-corrected chi connectivity index (χ3v) is 2.04. The zero-order valence-corrected chi connectivity index (χ0v) is 8.27. The topological polar surface area (TPSA) is 92.5 Å². The van der Waals surface area contributed by atoms with E-state index in [4.69, 9.17) is 5.11 Å². The predicted molar refractivity (Wildman–Crippen MR) is 54.3 cm³/mol. The van der Waals surface area contributed by atoms with Crippen molar-refractivity contribution < 1.29 is 14.8 Å². The van der Waals surface area contributed by atoms with Crippen molar-refractivity contribution in [3.63, 3.8) is 0 Å². The van der Waals surface area contributed by atoms with E-state index < -0.39 is 10.9 Å². The molecule has 0 fully saturated rings. The Balaban J connectivity index is 3.54. The third kappa shape index (κ3) is 1.88. The van der Waals surface area contributed by atoms with Gasteiger partial charge in [-0.2, -0.15) is 0 Å². The van der Waals surface area contributed by atoms with E-state index in [2.05, 4.69) is 5.32 Å². The zero-order valence-electron chi connectivity index (χ0n) is 8.27. The van der Waals surface area contributed by atoms with Crippen LogP contribution in [0.15, 0.2) is 12.1 Å². The Kier molecular flexibility index (Phi) is 2.89. The molecule has 0 aromatic heterocycles. The van der Waals surface area contributed by atoms with Gasteiger partial charge >= 0.3 is 5.97 Å². The summed E-state index contributed by atoms with van der Waals surface area (Å²) in [6.45, 7) is 1.56. The first kappa shape index (κ1) is 11.0. The average molecular weight is 210 g/mol. The summed E-state index contributed by atoms with van der Waals surface area (Å²) < 4.78 is 0. The molecule has 0 aliphatic rings. The van der Waals surface area contributed by atoms with Gasteiger partial charge in [0, 0.05) is 12.6 Å². The van der Waals surface area contributed by atoms with E-state index in [-0.39, 0.29) is 16.9 Å². The lowest BCUT2D eigenvalue weighted by atomic mass is 10.1. The van der Waals surface area contributed by atoms with E-state index in [9.17, 15) is 14.9 Å². The van der Waals surface area contributed by atoms with Gasteiger partial charge in [0.15, 0.2) is 0 Å². The van der Waals surface area contributed by atoms with Gasteiger partial charge in [-0.3, -0.25) is 10.1 Å². The molecule has 6 heteroatoms. The zero-order chi connectivity index (χ0) is 11.6. The number of nitrogens with zero attached hydrogens (tertiary/aromatic N) is 1. The molecule has 0 radical (unpaired) electrons. The van der Waals surface area contributed by atoms with E-state index in [1.807, 2.05) is 0 Å². The maximum atomic E-state index is 10.8. The first-order chi connectivity index (χ1) is 6.99. The summed E-state index contributed by atoms with van der Waals surface area (Å²) in [4.78, 5) is 21.0. The fraction of sp³-hybridized carbons (Fsp3) is 0.222. The van der Waals surface area contributed by atoms with Crippen LogP contribution in [0.4, 0.5) is 11.4 Å². The summed E-state index contributed by atoms with van der Waals surface area (Å²) in [5, 5.41) is 22.1. The smallest absolute Gasteiger partial charge is 0.338 e. The molecule has 80 valence electrons. The van der Waals surface area contributed by atoms with Crippen LogP contribution in [0, 0.1) is 17.0 Å². The number of aromatic carboxylic acids is 1. The first-order valence-corrected chi connectivity index (χ1v) is 4.18. The number of benzene rings is 1. The number of carboxylic acid groups (broad SMARTS) is 1. The Bertz CT molecular complexity index is 428. The molecule has 0 atom stereocenters. The Morgan fingerprint density at radius 3 is 2.53 bits per heavy atom. The molecule has 0 unspecified atom stereocenters. The molecular weight excluding hydrogens is 200 g/mol. The number of carbonyl (C=O) groups is 1. The Hall–Kier alpha value is -2.11. The molecule has 2 N–H and O–H groups in total. The lowest BCUT2D eigenvalue weighted by Crippen LogP contribution is -2.07. The van der Waals surface area contributed by atoms with Gasteiger partial charge in [-0.05, 0) is 13.0 Å². The number of hydrogen-bond donors (Lipinski definition) is 2. The van der Waals surface area contributed by atoms with Crippen molar-refractivity contribution in [1.29, 1.82) is 0 Å². The van der Waals surface area contributed by atoms with Crippen LogP contribution in [0.1, 0.15) is 15.9 Å². The molecule has 0 spiro atoms. The molecule has 15 heavy (non-hydrogen) atoms. The summed E-state index contributed by atoms with van der Waals surface area (Å²) in [6, 6.07) is 2.76. The highest BCUT2D eigenvalue weighted by atomic mass is 16.6. The van der Waals surface area contributed by atoms with E-state index in [1.165, 1.54) is 19.2 Å². The van der Waals surface area contributed by atoms with E-state index in [1.54, 1.807) is 6.92 Å². The number of anilines is 1. The fourth-order valence-corrected chi connectivity index (χ4v) is 1.36. The third-order valence-electron chi connectivity index (χ3n) is 2.04. The summed E-state index contributed by atoms with van der Waals surface area (Å²) in [5.74, 6) is -1.19. The van der Waals surface area contributed by atoms with Crippen molar-refractivity contribution in [2.24, 2.45) is 0 Å². The largest absolute Gasteiger partial charge is 0.478 e. The molecule has 0 aliphatic carbocycles. The summed E-state index contributed by atoms with van der Waals surface area (Å²) in [5.41, 5.74) is 0.161. The minimum atomic E-state index is -1.19. The molecule has 6 nitrogen and oxygen atoms in total. The van der Waals surface area contributed by atoms with Gasteiger partial charge in [-0.15, -0.1) is 0 Å². The van der Waals surface area contributed by atoms with Crippen LogP contribution >= 0.6 is 0 Å². The molecule has 1 rings (SSSR count). The van der Waals surface area contributed by atoms with Crippen molar-refractivity contribution in [3.05, 3.63) is 33.4 Å². The second-order valence-electron chi connectivity index (χ2n) is 2.97. The maximum absolute atomic E-state index is 10.8. The van der Waals surface area contributed by atoms with Crippen molar-refractivity contribution in [1.82, 2.24) is 0 Å². The normalized spacial score (nSPS) is 9.73. The Labute approximate surface area is 85.7 Å². The highest BCUT2D eigenvalue weighted by molar-refractivity contribution is 5.97. The molecule has 1 aromatic rings. The molecule has 0 heterocycles. The van der Waals surface area contributed by atoms with E-state index >= 15 is 0 Å². The highest BCUT2D eigenvalue weighted by Crippen LogP contribution is 2.31. The molecular formula is C9H10N2O4. The van der Waals surface area contributed by atoms with Crippen molar-refractivity contribution in [2.45, 2.75) is 6.92 Å². The summed E-state index contributed by atoms with van der Waals surface area (Å²) >= 11 is 0. The Morgan fingerprint density at radius 2 is 2.13 bits per heavy atom. The van der Waals surface area contributed by atoms with E-state index in [0.717, 1.165) is 0 Å². The number of nitro groups is 1. The van der Waals surface area contributed by atoms with Gasteiger partial charge < -0.3 is 10.4 Å². The van der Waals surface area contributed by atoms with Crippen LogP contribution in [0.3, 0.4) is 0 Å². The predicted octanol–water partition coefficient (Wildman–Crippen LogP) is 1.64. The molecule has 0 bridgehead atoms. The van der Waals surface area contributed by atoms with Crippen LogP contribution in [0.2, 0.25) is 0 Å². The average Bonchev–Trinajstić information content (AvgIpc) is 2.15. The molecule has 0 saturated heterocycles. The number of rotatable bonds is 3. The molecule has 0 saturated carbocycles. The number of carboxylic acids is 1. The lowest BCUT2D eigenvalue weighted by Gasteiger charge is -2.07. The molecule has 1 aromatic carbocycles. The second kappa shape index (κ2) is 3.95. The number of hydrogen-bond acceptors (Lipinski definition) is 4. The van der Waals surface area contributed by atoms with Crippen molar-refractivity contribution in [3.8, 4) is 0 Å². The summed E-state index contributed by atoms with van der Waals surface area (Å²) in [7, 11) is 1.45. The minimum absolute atomic E-state index is 0.0347. The Morgan fingerprint density at radius 1 is 1.53 bits per heavy atom.